The molecule has 0 aliphatic rings. The topological polar surface area (TPSA) is 95.9 Å². The third-order valence-corrected chi connectivity index (χ3v) is 10.5. The fourth-order valence-electron chi connectivity index (χ4n) is 5.23. The molecule has 0 aliphatic carbocycles. The monoisotopic (exact) mass is 626 g/mol. The van der Waals surface area contributed by atoms with Crippen LogP contribution in [0.3, 0.4) is 0 Å². The fraction of sp³-hybridized carbons (Fsp3) is 0.344. The van der Waals surface area contributed by atoms with Crippen molar-refractivity contribution in [3.05, 3.63) is 99.3 Å². The fourth-order valence-corrected chi connectivity index (χ4v) is 7.23. The molecule has 0 saturated heterocycles. The van der Waals surface area contributed by atoms with Crippen molar-refractivity contribution in [2.45, 2.75) is 44.9 Å². The lowest BCUT2D eigenvalue weighted by atomic mass is 9.96. The average Bonchev–Trinajstić information content (AvgIpc) is 3.69. The van der Waals surface area contributed by atoms with Crippen molar-refractivity contribution in [1.29, 1.82) is 0 Å². The van der Waals surface area contributed by atoms with Crippen LogP contribution in [0.5, 0.6) is 0 Å². The van der Waals surface area contributed by atoms with Gasteiger partial charge in [-0.25, -0.2) is 19.3 Å². The van der Waals surface area contributed by atoms with E-state index < -0.39 is 8.07 Å². The quantitative estimate of drug-likeness (QED) is 0.138. The summed E-state index contributed by atoms with van der Waals surface area (Å²) in [6.45, 7) is 8.40. The normalized spacial score (nSPS) is 12.8. The predicted molar refractivity (Wildman–Crippen MR) is 180 cm³/mol. The first-order valence-corrected chi connectivity index (χ1v) is 19.3. The zero-order valence-electron chi connectivity index (χ0n) is 26.1. The Morgan fingerprint density at radius 1 is 1.02 bits per heavy atom. The molecule has 12 heteroatoms. The summed E-state index contributed by atoms with van der Waals surface area (Å²) < 4.78 is 11.9. The van der Waals surface area contributed by atoms with Gasteiger partial charge in [-0.1, -0.05) is 56.0 Å². The summed E-state index contributed by atoms with van der Waals surface area (Å²) in [6.07, 6.45) is 3.66. The minimum Gasteiger partial charge on any atom is -0.363 e. The highest BCUT2D eigenvalue weighted by Gasteiger charge is 2.26. The predicted octanol–water partition coefficient (Wildman–Crippen LogP) is 5.54. The summed E-state index contributed by atoms with van der Waals surface area (Å²) in [5, 5.41) is 10.9. The summed E-state index contributed by atoms with van der Waals surface area (Å²) in [6, 6.07) is 19.4. The van der Waals surface area contributed by atoms with Crippen LogP contribution < -0.4 is 10.5 Å². The largest absolute Gasteiger partial charge is 0.363 e. The van der Waals surface area contributed by atoms with E-state index in [1.54, 1.807) is 22.2 Å². The number of pyridine rings is 1. The van der Waals surface area contributed by atoms with Gasteiger partial charge in [0.2, 0.25) is 0 Å². The van der Waals surface area contributed by atoms with Crippen molar-refractivity contribution in [3.63, 3.8) is 0 Å². The number of aryl methyl sites for hydroxylation is 1. The highest BCUT2D eigenvalue weighted by atomic mass is 32.1. The molecule has 0 bridgehead atoms. The molecule has 0 aliphatic heterocycles. The van der Waals surface area contributed by atoms with Crippen molar-refractivity contribution >= 4 is 46.5 Å². The molecular formula is C32H38N8O2SSi. The lowest BCUT2D eigenvalue weighted by Gasteiger charge is -2.18. The molecule has 1 aromatic carbocycles. The highest BCUT2D eigenvalue weighted by Crippen LogP contribution is 2.39. The number of aromatic nitrogens is 7. The second-order valence-corrected chi connectivity index (χ2v) is 19.1. The van der Waals surface area contributed by atoms with E-state index >= 15 is 0 Å². The Morgan fingerprint density at radius 3 is 2.57 bits per heavy atom. The molecule has 6 aromatic rings. The smallest absolute Gasteiger partial charge is 0.291 e. The third-order valence-electron chi connectivity index (χ3n) is 7.66. The van der Waals surface area contributed by atoms with Crippen molar-refractivity contribution in [2.24, 2.45) is 7.05 Å². The molecule has 1 unspecified atom stereocenters. The maximum atomic E-state index is 13.7. The molecule has 5 aromatic heterocycles. The van der Waals surface area contributed by atoms with Crippen LogP contribution in [0.25, 0.3) is 21.3 Å². The lowest BCUT2D eigenvalue weighted by Crippen LogP contribution is -2.25. The second kappa shape index (κ2) is 12.1. The first-order chi connectivity index (χ1) is 21.1. The van der Waals surface area contributed by atoms with Gasteiger partial charge in [0.15, 0.2) is 5.65 Å². The van der Waals surface area contributed by atoms with Gasteiger partial charge in [-0.3, -0.25) is 4.79 Å². The molecule has 0 amide bonds. The van der Waals surface area contributed by atoms with E-state index in [4.69, 9.17) is 14.7 Å². The third kappa shape index (κ3) is 6.10. The van der Waals surface area contributed by atoms with Crippen LogP contribution in [-0.4, -0.2) is 62.9 Å². The Morgan fingerprint density at radius 2 is 1.82 bits per heavy atom. The Labute approximate surface area is 261 Å². The van der Waals surface area contributed by atoms with E-state index in [0.717, 1.165) is 56.2 Å². The molecule has 228 valence electrons. The Balaban J connectivity index is 1.30. The number of thiazole rings is 1. The van der Waals surface area contributed by atoms with Gasteiger partial charge in [-0.2, -0.15) is 10.2 Å². The molecular weight excluding hydrogens is 589 g/mol. The Hall–Kier alpha value is -4.13. The standard InChI is InChI=1S/C32H38N8O2SSi/c1-37(2)26-14-10-13-25(34-26)27(22-11-8-7-9-12-22)31-35-30-29(43-31)24-19-33-40(32(41)28(24)38(30)3)20-23-15-16-39(36-23)21-42-17-18-44(4,5)6/h7-16,19,27H,17-18,20-21H2,1-6H3. The number of fused-ring (bicyclic) bond motifs is 3. The van der Waals surface area contributed by atoms with Gasteiger partial charge >= 0.3 is 0 Å². The summed E-state index contributed by atoms with van der Waals surface area (Å²) in [4.78, 5) is 25.8. The molecule has 10 nitrogen and oxygen atoms in total. The minimum atomic E-state index is -1.14. The molecule has 44 heavy (non-hydrogen) atoms. The Kier molecular flexibility index (Phi) is 8.23. The van der Waals surface area contributed by atoms with E-state index in [-0.39, 0.29) is 18.0 Å². The summed E-state index contributed by atoms with van der Waals surface area (Å²) in [7, 11) is 4.74. The number of benzene rings is 1. The van der Waals surface area contributed by atoms with E-state index in [0.29, 0.717) is 12.2 Å². The first-order valence-electron chi connectivity index (χ1n) is 14.7. The van der Waals surface area contributed by atoms with E-state index in [1.165, 1.54) is 4.68 Å². The molecule has 6 rings (SSSR count). The van der Waals surface area contributed by atoms with Crippen molar-refractivity contribution in [2.75, 3.05) is 25.6 Å². The Bertz CT molecular complexity index is 1970. The van der Waals surface area contributed by atoms with Gasteiger partial charge in [0, 0.05) is 47.4 Å². The van der Waals surface area contributed by atoms with Gasteiger partial charge in [0.25, 0.3) is 5.56 Å². The number of ether oxygens (including phenoxy) is 1. The zero-order valence-corrected chi connectivity index (χ0v) is 27.9. The van der Waals surface area contributed by atoms with Gasteiger partial charge < -0.3 is 14.2 Å². The number of hydrogen-bond donors (Lipinski definition) is 0. The number of hydrogen-bond acceptors (Lipinski definition) is 8. The van der Waals surface area contributed by atoms with Gasteiger partial charge in [-0.15, -0.1) is 11.3 Å². The number of nitrogens with zero attached hydrogens (tertiary/aromatic N) is 8. The lowest BCUT2D eigenvalue weighted by molar-refractivity contribution is 0.0782. The zero-order chi connectivity index (χ0) is 31.0. The molecule has 0 radical (unpaired) electrons. The van der Waals surface area contributed by atoms with Gasteiger partial charge in [0.1, 0.15) is 23.1 Å². The molecule has 0 saturated carbocycles. The van der Waals surface area contributed by atoms with Crippen LogP contribution in [0.15, 0.2) is 71.8 Å². The molecule has 0 fully saturated rings. The summed E-state index contributed by atoms with van der Waals surface area (Å²) >= 11 is 1.59. The van der Waals surface area contributed by atoms with E-state index in [9.17, 15) is 4.79 Å². The van der Waals surface area contributed by atoms with Gasteiger partial charge in [0.05, 0.1) is 34.7 Å². The molecule has 1 atom stereocenters. The molecule has 0 spiro atoms. The van der Waals surface area contributed by atoms with Crippen LogP contribution in [0.1, 0.15) is 27.9 Å². The van der Waals surface area contributed by atoms with Crippen LogP contribution in [0, 0.1) is 0 Å². The van der Waals surface area contributed by atoms with Crippen LogP contribution in [0.2, 0.25) is 25.7 Å². The van der Waals surface area contributed by atoms with Crippen molar-refractivity contribution < 1.29 is 4.74 Å². The first kappa shape index (κ1) is 29.9. The number of rotatable bonds is 11. The van der Waals surface area contributed by atoms with Crippen molar-refractivity contribution in [3.8, 4) is 0 Å². The SMILES string of the molecule is CN(C)c1cccc(C(c2ccccc2)c2nc3c(s2)c2cnn(Cc4ccn(COCC[Si](C)(C)C)n4)c(=O)c2n3C)n1. The summed E-state index contributed by atoms with van der Waals surface area (Å²) in [5.74, 6) is 0.741. The maximum Gasteiger partial charge on any atom is 0.291 e. The minimum absolute atomic E-state index is 0.147. The van der Waals surface area contributed by atoms with E-state index in [2.05, 4.69) is 48.0 Å². The highest BCUT2D eigenvalue weighted by molar-refractivity contribution is 7.19. The van der Waals surface area contributed by atoms with Crippen LogP contribution >= 0.6 is 11.3 Å². The summed E-state index contributed by atoms with van der Waals surface area (Å²) in [5.41, 5.74) is 3.97. The number of anilines is 1. The molecule has 0 N–H and O–H groups in total. The average molecular weight is 627 g/mol. The van der Waals surface area contributed by atoms with Gasteiger partial charge in [-0.05, 0) is 29.8 Å². The van der Waals surface area contributed by atoms with E-state index in [1.807, 2.05) is 73.2 Å². The van der Waals surface area contributed by atoms with Crippen LogP contribution in [0.4, 0.5) is 5.82 Å². The van der Waals surface area contributed by atoms with Crippen molar-refractivity contribution in [1.82, 2.24) is 34.1 Å². The van der Waals surface area contributed by atoms with Crippen LogP contribution in [-0.2, 0) is 25.1 Å². The molecule has 5 heterocycles. The maximum absolute atomic E-state index is 13.7. The second-order valence-electron chi connectivity index (χ2n) is 12.5.